The van der Waals surface area contributed by atoms with Gasteiger partial charge in [-0.05, 0) is 68.4 Å². The molecule has 5 rings (SSSR count). The van der Waals surface area contributed by atoms with Crippen LogP contribution in [0.1, 0.15) is 68.7 Å². The first-order valence-electron chi connectivity index (χ1n) is 12.4. The quantitative estimate of drug-likeness (QED) is 0.350. The molecule has 2 N–H and O–H groups in total. The predicted octanol–water partition coefficient (Wildman–Crippen LogP) is 5.67. The fraction of sp³-hybridized carbons (Fsp3) is 0.429. The predicted molar refractivity (Wildman–Crippen MR) is 137 cm³/mol. The van der Waals surface area contributed by atoms with E-state index < -0.39 is 17.0 Å². The number of ether oxygens (including phenoxy) is 1. The Labute approximate surface area is 214 Å². The second-order valence-electron chi connectivity index (χ2n) is 10.7. The number of H-pyrrole nitrogens is 1. The molecular formula is C28H30FN5O3. The number of aliphatic carboxylic acids is 1. The summed E-state index contributed by atoms with van der Waals surface area (Å²) in [6.07, 6.45) is 3.92. The molecule has 0 spiro atoms. The number of aromatic amines is 1. The lowest BCUT2D eigenvalue weighted by Crippen LogP contribution is -2.43. The molecule has 4 aromatic rings. The monoisotopic (exact) mass is 503 g/mol. The minimum absolute atomic E-state index is 0.00811. The Kier molecular flexibility index (Phi) is 6.03. The van der Waals surface area contributed by atoms with Gasteiger partial charge < -0.3 is 14.4 Å². The number of rotatable bonds is 6. The molecular weight excluding hydrogens is 473 g/mol. The molecule has 0 bridgehead atoms. The van der Waals surface area contributed by atoms with Crippen molar-refractivity contribution in [3.05, 3.63) is 53.1 Å². The highest BCUT2D eigenvalue weighted by molar-refractivity contribution is 5.94. The molecule has 0 amide bonds. The van der Waals surface area contributed by atoms with Crippen molar-refractivity contribution in [2.75, 3.05) is 7.11 Å². The lowest BCUT2D eigenvalue weighted by atomic mass is 9.73. The number of carboxylic acids is 1. The van der Waals surface area contributed by atoms with Gasteiger partial charge in [-0.15, -0.1) is 0 Å². The van der Waals surface area contributed by atoms with Crippen LogP contribution in [0.15, 0.2) is 30.5 Å². The summed E-state index contributed by atoms with van der Waals surface area (Å²) in [4.78, 5) is 17.0. The van der Waals surface area contributed by atoms with Crippen molar-refractivity contribution < 1.29 is 19.0 Å². The Morgan fingerprint density at radius 2 is 2.08 bits per heavy atom. The van der Waals surface area contributed by atoms with Crippen LogP contribution in [0.4, 0.5) is 4.39 Å². The van der Waals surface area contributed by atoms with Gasteiger partial charge in [0.1, 0.15) is 5.82 Å². The van der Waals surface area contributed by atoms with E-state index in [1.807, 2.05) is 26.0 Å². The van der Waals surface area contributed by atoms with Gasteiger partial charge in [0, 0.05) is 41.3 Å². The van der Waals surface area contributed by atoms with Gasteiger partial charge in [-0.2, -0.15) is 10.4 Å². The van der Waals surface area contributed by atoms with Gasteiger partial charge in [-0.25, -0.2) is 14.2 Å². The Morgan fingerprint density at radius 1 is 1.35 bits per heavy atom. The first-order valence-corrected chi connectivity index (χ1v) is 12.4. The number of aromatic nitrogens is 4. The van der Waals surface area contributed by atoms with E-state index in [4.69, 9.17) is 9.72 Å². The fourth-order valence-corrected chi connectivity index (χ4v) is 5.84. The maximum atomic E-state index is 14.3. The summed E-state index contributed by atoms with van der Waals surface area (Å²) in [5, 5.41) is 27.5. The van der Waals surface area contributed by atoms with E-state index in [9.17, 15) is 19.6 Å². The van der Waals surface area contributed by atoms with Gasteiger partial charge in [0.2, 0.25) is 0 Å². The van der Waals surface area contributed by atoms with Crippen molar-refractivity contribution in [1.29, 1.82) is 5.26 Å². The average Bonchev–Trinajstić information content (AvgIpc) is 3.46. The van der Waals surface area contributed by atoms with Gasteiger partial charge in [0.15, 0.2) is 11.2 Å². The molecule has 0 aliphatic heterocycles. The van der Waals surface area contributed by atoms with Crippen LogP contribution < -0.4 is 0 Å². The lowest BCUT2D eigenvalue weighted by Gasteiger charge is -2.37. The molecule has 0 unspecified atom stereocenters. The van der Waals surface area contributed by atoms with Crippen LogP contribution in [0.5, 0.6) is 0 Å². The van der Waals surface area contributed by atoms with Crippen molar-refractivity contribution in [3.8, 4) is 11.8 Å². The fourth-order valence-electron chi connectivity index (χ4n) is 5.84. The molecule has 0 saturated heterocycles. The van der Waals surface area contributed by atoms with E-state index in [-0.39, 0.29) is 18.2 Å². The highest BCUT2D eigenvalue weighted by Crippen LogP contribution is 2.48. The van der Waals surface area contributed by atoms with E-state index in [1.165, 1.54) is 13.2 Å². The van der Waals surface area contributed by atoms with Crippen molar-refractivity contribution in [3.63, 3.8) is 0 Å². The zero-order valence-corrected chi connectivity index (χ0v) is 21.4. The Balaban J connectivity index is 1.82. The van der Waals surface area contributed by atoms with E-state index in [2.05, 4.69) is 20.8 Å². The summed E-state index contributed by atoms with van der Waals surface area (Å²) in [5.41, 5.74) is 3.76. The van der Waals surface area contributed by atoms with E-state index >= 15 is 0 Å². The second kappa shape index (κ2) is 8.96. The molecule has 3 aromatic heterocycles. The van der Waals surface area contributed by atoms with Crippen LogP contribution >= 0.6 is 0 Å². The molecule has 1 fully saturated rings. The highest BCUT2D eigenvalue weighted by Gasteiger charge is 2.45. The molecule has 37 heavy (non-hydrogen) atoms. The van der Waals surface area contributed by atoms with Crippen LogP contribution in [-0.4, -0.2) is 43.5 Å². The SMILES string of the molecule is COC1(C(=O)O)CCC(c2c(C(C)(C)CC#N)n(-c3ccc(F)c(C)c3)c3cc4cn[nH]c4nc23)CC1. The number of aryl methyl sites for hydroxylation is 1. The third-order valence-corrected chi connectivity index (χ3v) is 7.92. The van der Waals surface area contributed by atoms with E-state index in [0.29, 0.717) is 36.9 Å². The number of fused-ring (bicyclic) bond motifs is 2. The summed E-state index contributed by atoms with van der Waals surface area (Å²) < 4.78 is 21.9. The molecule has 1 aliphatic carbocycles. The maximum Gasteiger partial charge on any atom is 0.335 e. The van der Waals surface area contributed by atoms with Gasteiger partial charge in [-0.1, -0.05) is 13.8 Å². The number of carboxylic acid groups (broad SMARTS) is 1. The van der Waals surface area contributed by atoms with Gasteiger partial charge >= 0.3 is 5.97 Å². The first kappa shape index (κ1) is 24.9. The number of nitriles is 1. The van der Waals surface area contributed by atoms with E-state index in [1.54, 1.807) is 19.2 Å². The smallest absolute Gasteiger partial charge is 0.335 e. The van der Waals surface area contributed by atoms with Crippen molar-refractivity contribution >= 4 is 28.0 Å². The number of nitrogens with zero attached hydrogens (tertiary/aromatic N) is 4. The summed E-state index contributed by atoms with van der Waals surface area (Å²) in [7, 11) is 1.45. The number of methoxy groups -OCH3 is 1. The number of pyridine rings is 1. The van der Waals surface area contributed by atoms with Gasteiger partial charge in [0.05, 0.1) is 23.3 Å². The van der Waals surface area contributed by atoms with Crippen LogP contribution in [0.2, 0.25) is 0 Å². The van der Waals surface area contributed by atoms with Crippen molar-refractivity contribution in [2.24, 2.45) is 0 Å². The molecule has 8 nitrogen and oxygen atoms in total. The van der Waals surface area contributed by atoms with Crippen LogP contribution in [0.25, 0.3) is 27.8 Å². The third-order valence-electron chi connectivity index (χ3n) is 7.92. The summed E-state index contributed by atoms with van der Waals surface area (Å²) in [5.74, 6) is -1.22. The first-order chi connectivity index (χ1) is 17.6. The lowest BCUT2D eigenvalue weighted by molar-refractivity contribution is -0.166. The summed E-state index contributed by atoms with van der Waals surface area (Å²) >= 11 is 0. The van der Waals surface area contributed by atoms with E-state index in [0.717, 1.165) is 33.4 Å². The molecule has 0 radical (unpaired) electrons. The van der Waals surface area contributed by atoms with Crippen LogP contribution in [0, 0.1) is 24.1 Å². The van der Waals surface area contributed by atoms with Gasteiger partial charge in [0.25, 0.3) is 0 Å². The number of benzene rings is 1. The Hall–Kier alpha value is -3.77. The van der Waals surface area contributed by atoms with Crippen LogP contribution in [0.3, 0.4) is 0 Å². The van der Waals surface area contributed by atoms with Crippen molar-refractivity contribution in [1.82, 2.24) is 19.7 Å². The molecule has 9 heteroatoms. The minimum Gasteiger partial charge on any atom is -0.479 e. The summed E-state index contributed by atoms with van der Waals surface area (Å²) in [6, 6.07) is 9.38. The minimum atomic E-state index is -1.20. The largest absolute Gasteiger partial charge is 0.479 e. The average molecular weight is 504 g/mol. The standard InChI is InChI=1S/C28H30FN5O3/c1-16-13-19(5-6-20(16)29)34-21-14-18-15-31-33-25(18)32-23(21)22(24(34)27(2,3)11-12-30)17-7-9-28(37-4,10-8-17)26(35)36/h5-6,13-15,17H,7-11H2,1-4H3,(H,35,36)(H,31,32,33). The zero-order chi connectivity index (χ0) is 26.5. The molecule has 3 heterocycles. The maximum absolute atomic E-state index is 14.3. The topological polar surface area (TPSA) is 117 Å². The molecule has 0 atom stereocenters. The molecule has 1 aromatic carbocycles. The normalized spacial score (nSPS) is 20.4. The zero-order valence-electron chi connectivity index (χ0n) is 21.4. The second-order valence-corrected chi connectivity index (χ2v) is 10.7. The van der Waals surface area contributed by atoms with Crippen molar-refractivity contribution in [2.45, 2.75) is 69.8 Å². The number of nitrogens with one attached hydrogen (secondary N) is 1. The number of carbonyl (C=O) groups is 1. The van der Waals surface area contributed by atoms with Crippen LogP contribution in [-0.2, 0) is 14.9 Å². The third kappa shape index (κ3) is 3.96. The molecule has 192 valence electrons. The molecule has 1 saturated carbocycles. The van der Waals surface area contributed by atoms with Gasteiger partial charge in [-0.3, -0.25) is 5.10 Å². The Morgan fingerprint density at radius 3 is 2.70 bits per heavy atom. The highest BCUT2D eigenvalue weighted by atomic mass is 19.1. The summed E-state index contributed by atoms with van der Waals surface area (Å²) in [6.45, 7) is 5.80. The number of halogens is 1. The number of hydrogen-bond acceptors (Lipinski definition) is 5. The number of hydrogen-bond donors (Lipinski definition) is 2. The molecule has 1 aliphatic rings. The Bertz CT molecular complexity index is 1550.